The molecule has 6 nitrogen and oxygen atoms in total. The van der Waals surface area contributed by atoms with E-state index >= 15 is 0 Å². The highest BCUT2D eigenvalue weighted by atomic mass is 35.5. The average Bonchev–Trinajstić information content (AvgIpc) is 3.24. The smallest absolute Gasteiger partial charge is 0.240 e. The van der Waals surface area contributed by atoms with Crippen LogP contribution in [0.25, 0.3) is 0 Å². The number of aromatic nitrogens is 2. The predicted molar refractivity (Wildman–Crippen MR) is 121 cm³/mol. The largest absolute Gasteiger partial charge is 0.325 e. The maximum absolute atomic E-state index is 13.4. The van der Waals surface area contributed by atoms with E-state index in [-0.39, 0.29) is 24.3 Å². The quantitative estimate of drug-likeness (QED) is 0.627. The summed E-state index contributed by atoms with van der Waals surface area (Å²) in [6, 6.07) is 12.7. The van der Waals surface area contributed by atoms with Crippen molar-refractivity contribution >= 4 is 46.5 Å². The molecule has 2 aromatic carbocycles. The van der Waals surface area contributed by atoms with Crippen molar-refractivity contribution in [1.29, 1.82) is 0 Å². The summed E-state index contributed by atoms with van der Waals surface area (Å²) < 4.78 is 1.78. The number of fused-ring (bicyclic) bond motifs is 4. The van der Waals surface area contributed by atoms with Gasteiger partial charge in [0.2, 0.25) is 11.8 Å². The van der Waals surface area contributed by atoms with Crippen LogP contribution in [0.15, 0.2) is 48.7 Å². The van der Waals surface area contributed by atoms with Crippen molar-refractivity contribution in [2.24, 2.45) is 0 Å². The van der Waals surface area contributed by atoms with Gasteiger partial charge in [0.25, 0.3) is 0 Å². The summed E-state index contributed by atoms with van der Waals surface area (Å²) in [6.45, 7) is 4.36. The number of nitrogens with zero attached hydrogens (tertiary/aromatic N) is 3. The van der Waals surface area contributed by atoms with E-state index in [1.165, 1.54) is 0 Å². The van der Waals surface area contributed by atoms with Gasteiger partial charge in [-0.1, -0.05) is 35.3 Å². The van der Waals surface area contributed by atoms with Gasteiger partial charge in [-0.3, -0.25) is 14.5 Å². The minimum atomic E-state index is -1.14. The summed E-state index contributed by atoms with van der Waals surface area (Å²) >= 11 is 12.3. The lowest BCUT2D eigenvalue weighted by atomic mass is 9.71. The van der Waals surface area contributed by atoms with Gasteiger partial charge in [-0.2, -0.15) is 5.10 Å². The Hall–Kier alpha value is -2.83. The third-order valence-electron chi connectivity index (χ3n) is 6.02. The first kappa shape index (κ1) is 20.1. The molecule has 3 aromatic rings. The summed E-state index contributed by atoms with van der Waals surface area (Å²) in [5.41, 5.74) is 1.96. The number of halogens is 2. The topological polar surface area (TPSA) is 67.2 Å². The van der Waals surface area contributed by atoms with Crippen molar-refractivity contribution < 1.29 is 9.59 Å². The van der Waals surface area contributed by atoms with Crippen molar-refractivity contribution in [2.45, 2.75) is 38.3 Å². The summed E-state index contributed by atoms with van der Waals surface area (Å²) in [4.78, 5) is 28.5. The Labute approximate surface area is 189 Å². The maximum atomic E-state index is 13.4. The van der Waals surface area contributed by atoms with Crippen LogP contribution < -0.4 is 10.2 Å². The molecule has 5 rings (SSSR count). The van der Waals surface area contributed by atoms with E-state index in [4.69, 9.17) is 23.2 Å². The van der Waals surface area contributed by atoms with Crippen molar-refractivity contribution in [2.75, 3.05) is 10.2 Å². The fourth-order valence-electron chi connectivity index (χ4n) is 4.64. The lowest BCUT2D eigenvalue weighted by Gasteiger charge is -2.39. The molecule has 0 aliphatic carbocycles. The second-order valence-corrected chi connectivity index (χ2v) is 9.12. The predicted octanol–water partition coefficient (Wildman–Crippen LogP) is 4.62. The van der Waals surface area contributed by atoms with Crippen LogP contribution in [-0.2, 0) is 21.5 Å². The number of carbonyl (C=O) groups is 2. The Bertz CT molecular complexity index is 1220. The van der Waals surface area contributed by atoms with Crippen LogP contribution in [0, 0.1) is 0 Å². The van der Waals surface area contributed by atoms with Gasteiger partial charge in [0.1, 0.15) is 11.2 Å². The van der Waals surface area contributed by atoms with Crippen LogP contribution >= 0.6 is 23.2 Å². The summed E-state index contributed by atoms with van der Waals surface area (Å²) in [7, 11) is 0. The number of benzene rings is 2. The fourth-order valence-corrected chi connectivity index (χ4v) is 4.94. The zero-order valence-corrected chi connectivity index (χ0v) is 18.5. The third kappa shape index (κ3) is 2.97. The SMILES string of the molecule is CC(C)N1C(=O)C[C@]2(C(=O)Nc3ccc(Cl)cc32)c2cnn(Cc3ccc(Cl)cc3)c21. The van der Waals surface area contributed by atoms with Crippen LogP contribution in [-0.4, -0.2) is 27.6 Å². The number of rotatable bonds is 3. The van der Waals surface area contributed by atoms with E-state index in [9.17, 15) is 9.59 Å². The molecule has 0 bridgehead atoms. The number of anilines is 2. The molecule has 8 heteroatoms. The van der Waals surface area contributed by atoms with E-state index in [1.807, 2.05) is 38.1 Å². The first-order valence-corrected chi connectivity index (χ1v) is 10.8. The molecule has 158 valence electrons. The molecular weight excluding hydrogens is 435 g/mol. The van der Waals surface area contributed by atoms with E-state index in [2.05, 4.69) is 10.4 Å². The highest BCUT2D eigenvalue weighted by Gasteiger charge is 2.56. The lowest BCUT2D eigenvalue weighted by molar-refractivity contribution is -0.126. The van der Waals surface area contributed by atoms with Crippen molar-refractivity contribution in [3.8, 4) is 0 Å². The van der Waals surface area contributed by atoms with Gasteiger partial charge in [-0.05, 0) is 55.3 Å². The standard InChI is InChI=1S/C23H20Cl2N4O2/c1-13(2)29-20(30)10-23(17-9-16(25)7-8-19(17)27-22(23)31)18-11-26-28(21(18)29)12-14-3-5-15(24)6-4-14/h3-9,11,13H,10,12H2,1-2H3,(H,27,31)/t23-/m1/s1. The molecule has 0 saturated carbocycles. The summed E-state index contributed by atoms with van der Waals surface area (Å²) in [5, 5.41) is 8.71. The minimum Gasteiger partial charge on any atom is -0.325 e. The Kier molecular flexibility index (Phi) is 4.61. The van der Waals surface area contributed by atoms with Crippen LogP contribution in [0.4, 0.5) is 11.5 Å². The van der Waals surface area contributed by atoms with E-state index in [0.717, 1.165) is 5.56 Å². The average molecular weight is 455 g/mol. The van der Waals surface area contributed by atoms with Crippen LogP contribution in [0.2, 0.25) is 10.0 Å². The van der Waals surface area contributed by atoms with Crippen molar-refractivity contribution in [1.82, 2.24) is 9.78 Å². The van der Waals surface area contributed by atoms with Crippen LogP contribution in [0.3, 0.4) is 0 Å². The Morgan fingerprint density at radius 3 is 2.48 bits per heavy atom. The zero-order valence-electron chi connectivity index (χ0n) is 17.0. The molecule has 0 radical (unpaired) electrons. The Morgan fingerprint density at radius 2 is 1.77 bits per heavy atom. The molecular formula is C23H20Cl2N4O2. The molecule has 0 unspecified atom stereocenters. The molecule has 0 saturated heterocycles. The van der Waals surface area contributed by atoms with E-state index < -0.39 is 5.41 Å². The first-order valence-electron chi connectivity index (χ1n) is 10.1. The summed E-state index contributed by atoms with van der Waals surface area (Å²) in [6.07, 6.45) is 1.74. The Morgan fingerprint density at radius 1 is 1.06 bits per heavy atom. The van der Waals surface area contributed by atoms with Gasteiger partial charge in [0.05, 0.1) is 19.2 Å². The molecule has 0 fully saturated rings. The number of carbonyl (C=O) groups excluding carboxylic acids is 2. The number of amides is 2. The van der Waals surface area contributed by atoms with Crippen molar-refractivity contribution in [3.63, 3.8) is 0 Å². The molecule has 1 aromatic heterocycles. The van der Waals surface area contributed by atoms with Crippen LogP contribution in [0.1, 0.15) is 37.0 Å². The zero-order chi connectivity index (χ0) is 21.9. The van der Waals surface area contributed by atoms with Crippen molar-refractivity contribution in [3.05, 3.63) is 75.4 Å². The molecule has 2 amide bonds. The molecule has 1 N–H and O–H groups in total. The molecule has 2 aliphatic rings. The van der Waals surface area contributed by atoms with Gasteiger partial charge in [0, 0.05) is 27.3 Å². The maximum Gasteiger partial charge on any atom is 0.240 e. The van der Waals surface area contributed by atoms with Gasteiger partial charge < -0.3 is 5.32 Å². The van der Waals surface area contributed by atoms with Gasteiger partial charge in [-0.15, -0.1) is 0 Å². The van der Waals surface area contributed by atoms with E-state index in [0.29, 0.717) is 39.2 Å². The first-order chi connectivity index (χ1) is 14.8. The normalized spacial score (nSPS) is 19.7. The second-order valence-electron chi connectivity index (χ2n) is 8.25. The van der Waals surface area contributed by atoms with Crippen LogP contribution in [0.5, 0.6) is 0 Å². The van der Waals surface area contributed by atoms with E-state index in [1.54, 1.807) is 34.0 Å². The molecule has 31 heavy (non-hydrogen) atoms. The highest BCUT2D eigenvalue weighted by Crippen LogP contribution is 2.52. The number of hydrogen-bond donors (Lipinski definition) is 1. The van der Waals surface area contributed by atoms with Gasteiger partial charge >= 0.3 is 0 Å². The monoisotopic (exact) mass is 454 g/mol. The number of hydrogen-bond acceptors (Lipinski definition) is 3. The lowest BCUT2D eigenvalue weighted by Crippen LogP contribution is -2.51. The van der Waals surface area contributed by atoms with Gasteiger partial charge in [-0.25, -0.2) is 4.68 Å². The number of nitrogens with one attached hydrogen (secondary N) is 1. The molecule has 1 spiro atoms. The molecule has 1 atom stereocenters. The third-order valence-corrected chi connectivity index (χ3v) is 6.51. The highest BCUT2D eigenvalue weighted by molar-refractivity contribution is 6.31. The Balaban J connectivity index is 1.72. The fraction of sp³-hybridized carbons (Fsp3) is 0.261. The second kappa shape index (κ2) is 7.11. The summed E-state index contributed by atoms with van der Waals surface area (Å²) in [5.74, 6) is 0.293. The molecule has 2 aliphatic heterocycles. The molecule has 3 heterocycles. The minimum absolute atomic E-state index is 0.0317. The van der Waals surface area contributed by atoms with Gasteiger partial charge in [0.15, 0.2) is 0 Å².